The van der Waals surface area contributed by atoms with Gasteiger partial charge in [-0.15, -0.1) is 11.6 Å². The Morgan fingerprint density at radius 2 is 1.31 bits per heavy atom. The topological polar surface area (TPSA) is 153 Å². The number of carbonyl (C=O) groups is 3. The molecule has 1 aliphatic carbocycles. The van der Waals surface area contributed by atoms with E-state index in [0.29, 0.717) is 38.5 Å². The lowest BCUT2D eigenvalue weighted by atomic mass is 9.66. The fourth-order valence-corrected chi connectivity index (χ4v) is 9.15. The molecule has 0 bridgehead atoms. The van der Waals surface area contributed by atoms with Gasteiger partial charge in [-0.2, -0.15) is 0 Å². The Bertz CT molecular complexity index is 1220. The minimum absolute atomic E-state index is 0.0535. The van der Waals surface area contributed by atoms with Crippen LogP contribution in [0, 0.1) is 5.92 Å². The maximum Gasteiger partial charge on any atom is 0.306 e. The number of rotatable bonds is 38. The van der Waals surface area contributed by atoms with E-state index in [-0.39, 0.29) is 49.5 Å². The number of hydrogen-bond donors (Lipinski definition) is 3. The van der Waals surface area contributed by atoms with E-state index in [9.17, 15) is 24.6 Å². The van der Waals surface area contributed by atoms with Crippen molar-refractivity contribution in [3.63, 3.8) is 0 Å². The molecule has 1 aliphatic heterocycles. The molecule has 356 valence electrons. The number of aliphatic hydroxyl groups excluding tert-OH is 1. The van der Waals surface area contributed by atoms with Gasteiger partial charge in [0, 0.05) is 26.4 Å². The highest BCUT2D eigenvalue weighted by Gasteiger charge is 2.67. The van der Waals surface area contributed by atoms with Gasteiger partial charge < -0.3 is 39.2 Å². The van der Waals surface area contributed by atoms with Crippen LogP contribution in [-0.2, 0) is 38.1 Å². The quantitative estimate of drug-likeness (QED) is 0.0136. The molecule has 12 heteroatoms. The van der Waals surface area contributed by atoms with Crippen LogP contribution >= 0.6 is 11.6 Å². The second-order valence-electron chi connectivity index (χ2n) is 18.3. The summed E-state index contributed by atoms with van der Waals surface area (Å²) in [5, 5.41) is 24.6. The average molecular weight is 887 g/mol. The molecular formula is C49H88ClNO10. The van der Waals surface area contributed by atoms with Gasteiger partial charge in [-0.05, 0) is 78.8 Å². The Balaban J connectivity index is 1.44. The maximum absolute atomic E-state index is 12.9. The monoisotopic (exact) mass is 886 g/mol. The Morgan fingerprint density at radius 1 is 0.787 bits per heavy atom. The zero-order chi connectivity index (χ0) is 44.8. The molecule has 11 nitrogen and oxygen atoms in total. The van der Waals surface area contributed by atoms with Crippen molar-refractivity contribution in [2.45, 2.75) is 237 Å². The van der Waals surface area contributed by atoms with E-state index in [0.717, 1.165) is 70.9 Å². The van der Waals surface area contributed by atoms with Crippen molar-refractivity contribution >= 4 is 29.5 Å². The van der Waals surface area contributed by atoms with Gasteiger partial charge >= 0.3 is 17.9 Å². The summed E-state index contributed by atoms with van der Waals surface area (Å²) >= 11 is 6.32. The largest absolute Gasteiger partial charge is 0.462 e. The molecule has 2 aliphatic rings. The molecule has 0 aromatic carbocycles. The number of methoxy groups -OCH3 is 1. The molecule has 0 aromatic rings. The standard InChI is InChI=1S/C49H88ClNO10/c1-6-7-8-9-10-11-12-13-14-15-16-17-20-23-27-43(53)58-37-40(36-52)59-44(54)28-24-21-18-19-22-25-34-51-35-26-29-45(55)60-41-32-33-49(56,38-50)47(46(41)57-5)48(4)42(61-48)31-30-39(2)3/h30,40-42,46-47,51-52,56H,6-29,31-38H2,1-5H3/t40-,41+,42?,46+,47+,48-,49-/m0/s1. The number of halogens is 1. The first-order chi connectivity index (χ1) is 29.4. The van der Waals surface area contributed by atoms with Crippen molar-refractivity contribution in [2.75, 3.05) is 39.3 Å². The van der Waals surface area contributed by atoms with E-state index in [1.165, 1.54) is 76.2 Å². The Kier molecular flexibility index (Phi) is 29.8. The first kappa shape index (κ1) is 55.4. The summed E-state index contributed by atoms with van der Waals surface area (Å²) in [6.45, 7) is 9.46. The molecule has 2 fully saturated rings. The van der Waals surface area contributed by atoms with Gasteiger partial charge in [0.25, 0.3) is 0 Å². The summed E-state index contributed by atoms with van der Waals surface area (Å²) in [5.74, 6) is -1.31. The van der Waals surface area contributed by atoms with E-state index in [1.807, 2.05) is 20.8 Å². The molecule has 61 heavy (non-hydrogen) atoms. The van der Waals surface area contributed by atoms with E-state index in [2.05, 4.69) is 18.3 Å². The van der Waals surface area contributed by atoms with Gasteiger partial charge in [-0.25, -0.2) is 0 Å². The first-order valence-corrected chi connectivity index (χ1v) is 25.0. The highest BCUT2D eigenvalue weighted by molar-refractivity contribution is 6.18. The molecule has 2 rings (SSSR count). The molecule has 7 atom stereocenters. The van der Waals surface area contributed by atoms with Crippen LogP contribution in [0.3, 0.4) is 0 Å². The zero-order valence-electron chi connectivity index (χ0n) is 39.1. The van der Waals surface area contributed by atoms with Crippen molar-refractivity contribution in [2.24, 2.45) is 5.92 Å². The third-order valence-electron chi connectivity index (χ3n) is 12.6. The van der Waals surface area contributed by atoms with Crippen LogP contribution in [0.4, 0.5) is 0 Å². The van der Waals surface area contributed by atoms with Gasteiger partial charge in [0.15, 0.2) is 6.10 Å². The average Bonchev–Trinajstić information content (AvgIpc) is 3.91. The normalized spacial score (nSPS) is 23.9. The molecule has 0 amide bonds. The number of unbranched alkanes of at least 4 members (excludes halogenated alkanes) is 18. The fourth-order valence-electron chi connectivity index (χ4n) is 8.85. The molecular weight excluding hydrogens is 798 g/mol. The Morgan fingerprint density at radius 3 is 1.85 bits per heavy atom. The Labute approximate surface area is 375 Å². The van der Waals surface area contributed by atoms with E-state index < -0.39 is 35.4 Å². The van der Waals surface area contributed by atoms with Crippen LogP contribution in [0.2, 0.25) is 0 Å². The van der Waals surface area contributed by atoms with E-state index >= 15 is 0 Å². The van der Waals surface area contributed by atoms with Crippen LogP contribution in [0.1, 0.15) is 201 Å². The number of aliphatic hydroxyl groups is 2. The maximum atomic E-state index is 12.9. The first-order valence-electron chi connectivity index (χ1n) is 24.4. The van der Waals surface area contributed by atoms with Crippen LogP contribution in [0.5, 0.6) is 0 Å². The number of ether oxygens (including phenoxy) is 5. The minimum Gasteiger partial charge on any atom is -0.462 e. The molecule has 1 heterocycles. The molecule has 0 radical (unpaired) electrons. The fraction of sp³-hybridized carbons (Fsp3) is 0.898. The van der Waals surface area contributed by atoms with E-state index in [1.54, 1.807) is 7.11 Å². The summed E-state index contributed by atoms with van der Waals surface area (Å²) in [5.41, 5.74) is -0.580. The summed E-state index contributed by atoms with van der Waals surface area (Å²) in [4.78, 5) is 37.3. The molecule has 1 saturated carbocycles. The molecule has 1 saturated heterocycles. The second kappa shape index (κ2) is 32.8. The third-order valence-corrected chi connectivity index (χ3v) is 13.1. The van der Waals surface area contributed by atoms with Crippen molar-refractivity contribution in [1.29, 1.82) is 0 Å². The SMILES string of the molecule is CCCCCCCCCCCCCCCCC(=O)OC[C@H](CO)OC(=O)CCCCCCCCNCCCC(=O)O[C@@H]1CC[C@](O)(CCl)[C@@H]([C@@]2(C)OC2CC=C(C)C)[C@@H]1OC. The van der Waals surface area contributed by atoms with Crippen LogP contribution < -0.4 is 5.32 Å². The van der Waals surface area contributed by atoms with Crippen LogP contribution in [0.25, 0.3) is 0 Å². The smallest absolute Gasteiger partial charge is 0.306 e. The van der Waals surface area contributed by atoms with Crippen molar-refractivity contribution in [3.8, 4) is 0 Å². The number of esters is 3. The predicted molar refractivity (Wildman–Crippen MR) is 244 cm³/mol. The molecule has 0 aromatic heterocycles. The summed E-state index contributed by atoms with van der Waals surface area (Å²) in [6.07, 6.45) is 26.9. The van der Waals surface area contributed by atoms with Crippen molar-refractivity contribution < 1.29 is 48.3 Å². The lowest BCUT2D eigenvalue weighted by molar-refractivity contribution is -0.192. The summed E-state index contributed by atoms with van der Waals surface area (Å²) in [7, 11) is 1.59. The van der Waals surface area contributed by atoms with Gasteiger partial charge in [0.1, 0.15) is 24.4 Å². The van der Waals surface area contributed by atoms with Crippen LogP contribution in [-0.4, -0.2) is 103 Å². The zero-order valence-corrected chi connectivity index (χ0v) is 39.9. The second-order valence-corrected chi connectivity index (χ2v) is 18.6. The number of carbonyl (C=O) groups excluding carboxylic acids is 3. The van der Waals surface area contributed by atoms with Gasteiger partial charge in [0.2, 0.25) is 0 Å². The predicted octanol–water partition coefficient (Wildman–Crippen LogP) is 10.2. The number of nitrogens with one attached hydrogen (secondary N) is 1. The van der Waals surface area contributed by atoms with E-state index in [4.69, 9.17) is 35.3 Å². The Hall–Kier alpha value is -1.76. The van der Waals surface area contributed by atoms with Crippen molar-refractivity contribution in [3.05, 3.63) is 11.6 Å². The molecule has 1 unspecified atom stereocenters. The molecule has 3 N–H and O–H groups in total. The summed E-state index contributed by atoms with van der Waals surface area (Å²) in [6, 6.07) is 0. The number of epoxide rings is 1. The number of hydrogen-bond acceptors (Lipinski definition) is 11. The van der Waals surface area contributed by atoms with Gasteiger partial charge in [-0.1, -0.05) is 128 Å². The third kappa shape index (κ3) is 23.1. The lowest BCUT2D eigenvalue weighted by Gasteiger charge is -2.48. The molecule has 0 spiro atoms. The summed E-state index contributed by atoms with van der Waals surface area (Å²) < 4.78 is 28.6. The number of alkyl halides is 1. The van der Waals surface area contributed by atoms with Gasteiger partial charge in [0.05, 0.1) is 30.1 Å². The van der Waals surface area contributed by atoms with Crippen molar-refractivity contribution in [1.82, 2.24) is 5.32 Å². The lowest BCUT2D eigenvalue weighted by Crippen LogP contribution is -2.61. The highest BCUT2D eigenvalue weighted by atomic mass is 35.5. The highest BCUT2D eigenvalue weighted by Crippen LogP contribution is 2.55. The van der Waals surface area contributed by atoms with Crippen LogP contribution in [0.15, 0.2) is 11.6 Å². The minimum atomic E-state index is -1.17. The van der Waals surface area contributed by atoms with Gasteiger partial charge in [-0.3, -0.25) is 14.4 Å². The number of allylic oxidation sites excluding steroid dienone is 1.